The van der Waals surface area contributed by atoms with E-state index in [-0.39, 0.29) is 11.6 Å². The van der Waals surface area contributed by atoms with E-state index in [0.717, 1.165) is 57.6 Å². The molecular formula is C27H26N4O3. The van der Waals surface area contributed by atoms with E-state index in [0.29, 0.717) is 12.3 Å². The molecule has 1 aromatic carbocycles. The molecule has 1 aliphatic rings. The molecule has 1 fully saturated rings. The number of fused-ring (bicyclic) bond motifs is 1. The third-order valence-electron chi connectivity index (χ3n) is 7.04. The van der Waals surface area contributed by atoms with Crippen LogP contribution >= 0.6 is 0 Å². The van der Waals surface area contributed by atoms with Crippen molar-refractivity contribution in [1.29, 1.82) is 5.26 Å². The molecule has 0 radical (unpaired) electrons. The van der Waals surface area contributed by atoms with Gasteiger partial charge in [-0.2, -0.15) is 5.26 Å². The number of carbonyl (C=O) groups is 1. The van der Waals surface area contributed by atoms with E-state index < -0.39 is 5.97 Å². The topological polar surface area (TPSA) is 105 Å². The van der Waals surface area contributed by atoms with Crippen LogP contribution in [0.15, 0.2) is 47.2 Å². The molecule has 1 atom stereocenters. The molecule has 7 nitrogen and oxygen atoms in total. The Morgan fingerprint density at radius 1 is 1.24 bits per heavy atom. The van der Waals surface area contributed by atoms with Crippen LogP contribution in [0.4, 0.5) is 0 Å². The summed E-state index contributed by atoms with van der Waals surface area (Å²) in [5, 5.41) is 23.0. The summed E-state index contributed by atoms with van der Waals surface area (Å²) in [7, 11) is 0. The number of hydrogen-bond donors (Lipinski definition) is 1. The lowest BCUT2D eigenvalue weighted by molar-refractivity contribution is 0.0697. The molecule has 0 amide bonds. The summed E-state index contributed by atoms with van der Waals surface area (Å²) in [5.74, 6) is 0.234. The smallest absolute Gasteiger partial charge is 0.335 e. The highest BCUT2D eigenvalue weighted by Crippen LogP contribution is 2.41. The van der Waals surface area contributed by atoms with Gasteiger partial charge in [-0.1, -0.05) is 30.1 Å². The number of aromatic carboxylic acids is 1. The number of aromatic nitrogens is 3. The van der Waals surface area contributed by atoms with Crippen molar-refractivity contribution in [2.45, 2.75) is 52.0 Å². The summed E-state index contributed by atoms with van der Waals surface area (Å²) in [6.07, 6.45) is 8.97. The minimum atomic E-state index is -0.952. The van der Waals surface area contributed by atoms with Gasteiger partial charge in [-0.15, -0.1) is 0 Å². The number of hydrogen-bond acceptors (Lipinski definition) is 5. The first-order chi connectivity index (χ1) is 16.5. The van der Waals surface area contributed by atoms with E-state index in [1.54, 1.807) is 12.1 Å². The number of aryl methyl sites for hydroxylation is 2. The lowest BCUT2D eigenvalue weighted by atomic mass is 9.95. The van der Waals surface area contributed by atoms with Crippen molar-refractivity contribution in [3.8, 4) is 28.3 Å². The van der Waals surface area contributed by atoms with Gasteiger partial charge in [0.2, 0.25) is 0 Å². The van der Waals surface area contributed by atoms with Crippen molar-refractivity contribution < 1.29 is 14.4 Å². The largest absolute Gasteiger partial charge is 0.478 e. The molecule has 1 N–H and O–H groups in total. The minimum absolute atomic E-state index is 0.0590. The number of nitrogens with zero attached hydrogens (tertiary/aromatic N) is 4. The van der Waals surface area contributed by atoms with Crippen molar-refractivity contribution in [2.75, 3.05) is 0 Å². The summed E-state index contributed by atoms with van der Waals surface area (Å²) >= 11 is 0. The van der Waals surface area contributed by atoms with Crippen molar-refractivity contribution in [3.05, 3.63) is 59.7 Å². The Morgan fingerprint density at radius 2 is 1.97 bits per heavy atom. The predicted octanol–water partition coefficient (Wildman–Crippen LogP) is 6.32. The lowest BCUT2D eigenvalue weighted by Gasteiger charge is -2.24. The van der Waals surface area contributed by atoms with Crippen LogP contribution in [0.3, 0.4) is 0 Å². The lowest BCUT2D eigenvalue weighted by Crippen LogP contribution is -2.16. The van der Waals surface area contributed by atoms with Crippen LogP contribution in [0, 0.1) is 31.1 Å². The summed E-state index contributed by atoms with van der Waals surface area (Å²) in [6, 6.07) is 11.4. The summed E-state index contributed by atoms with van der Waals surface area (Å²) in [5.41, 5.74) is 6.54. The second-order valence-corrected chi connectivity index (χ2v) is 9.10. The van der Waals surface area contributed by atoms with Crippen LogP contribution in [0.2, 0.25) is 0 Å². The fourth-order valence-electron chi connectivity index (χ4n) is 5.36. The normalized spacial score (nSPS) is 15.0. The van der Waals surface area contributed by atoms with Crippen LogP contribution in [0.25, 0.3) is 33.3 Å². The highest BCUT2D eigenvalue weighted by molar-refractivity contribution is 5.96. The minimum Gasteiger partial charge on any atom is -0.478 e. The molecular weight excluding hydrogens is 428 g/mol. The number of rotatable bonds is 6. The van der Waals surface area contributed by atoms with Crippen molar-refractivity contribution in [2.24, 2.45) is 5.92 Å². The highest BCUT2D eigenvalue weighted by atomic mass is 16.5. The number of pyridine rings is 1. The molecule has 34 heavy (non-hydrogen) atoms. The van der Waals surface area contributed by atoms with Gasteiger partial charge in [0, 0.05) is 35.1 Å². The van der Waals surface area contributed by atoms with Gasteiger partial charge in [0.05, 0.1) is 34.8 Å². The molecule has 0 aliphatic heterocycles. The molecule has 7 heteroatoms. The fourth-order valence-corrected chi connectivity index (χ4v) is 5.36. The van der Waals surface area contributed by atoms with Gasteiger partial charge in [0.15, 0.2) is 0 Å². The van der Waals surface area contributed by atoms with Crippen LogP contribution in [-0.2, 0) is 0 Å². The Labute approximate surface area is 197 Å². The van der Waals surface area contributed by atoms with Gasteiger partial charge in [0.25, 0.3) is 0 Å². The van der Waals surface area contributed by atoms with Crippen molar-refractivity contribution in [3.63, 3.8) is 0 Å². The Morgan fingerprint density at radius 3 is 2.59 bits per heavy atom. The maximum absolute atomic E-state index is 11.3. The third-order valence-corrected chi connectivity index (χ3v) is 7.04. The van der Waals surface area contributed by atoms with Gasteiger partial charge in [0.1, 0.15) is 5.76 Å². The molecule has 1 unspecified atom stereocenters. The van der Waals surface area contributed by atoms with Gasteiger partial charge < -0.3 is 14.2 Å². The van der Waals surface area contributed by atoms with E-state index in [1.165, 1.54) is 12.8 Å². The molecule has 1 saturated carbocycles. The molecule has 0 saturated heterocycles. The molecule has 1 aliphatic carbocycles. The van der Waals surface area contributed by atoms with Gasteiger partial charge in [-0.05, 0) is 56.4 Å². The third kappa shape index (κ3) is 3.75. The van der Waals surface area contributed by atoms with E-state index >= 15 is 0 Å². The van der Waals surface area contributed by atoms with Crippen LogP contribution in [0.5, 0.6) is 0 Å². The Kier molecular flexibility index (Phi) is 5.66. The van der Waals surface area contributed by atoms with E-state index in [9.17, 15) is 15.2 Å². The zero-order valence-electron chi connectivity index (χ0n) is 19.3. The maximum atomic E-state index is 11.3. The Bertz CT molecular complexity index is 1380. The van der Waals surface area contributed by atoms with Crippen LogP contribution in [-0.4, -0.2) is 25.8 Å². The maximum Gasteiger partial charge on any atom is 0.335 e. The molecule has 0 spiro atoms. The monoisotopic (exact) mass is 454 g/mol. The number of benzene rings is 1. The second-order valence-electron chi connectivity index (χ2n) is 9.10. The predicted molar refractivity (Wildman–Crippen MR) is 128 cm³/mol. The first-order valence-corrected chi connectivity index (χ1v) is 11.6. The zero-order valence-corrected chi connectivity index (χ0v) is 19.3. The quantitative estimate of drug-likeness (QED) is 0.365. The fraction of sp³-hybridized carbons (Fsp3) is 0.333. The highest BCUT2D eigenvalue weighted by Gasteiger charge is 2.29. The second kappa shape index (κ2) is 8.79. The Hall–Kier alpha value is -3.92. The van der Waals surface area contributed by atoms with E-state index in [1.807, 2.05) is 32.2 Å². The molecule has 3 heterocycles. The summed E-state index contributed by atoms with van der Waals surface area (Å²) < 4.78 is 7.61. The summed E-state index contributed by atoms with van der Waals surface area (Å²) in [4.78, 5) is 16.2. The number of carboxylic acids is 1. The van der Waals surface area contributed by atoms with Crippen molar-refractivity contribution in [1.82, 2.24) is 14.7 Å². The van der Waals surface area contributed by atoms with Crippen LogP contribution in [0.1, 0.15) is 60.0 Å². The average Bonchev–Trinajstić information content (AvgIpc) is 3.57. The zero-order chi connectivity index (χ0) is 23.8. The van der Waals surface area contributed by atoms with E-state index in [4.69, 9.17) is 9.51 Å². The van der Waals surface area contributed by atoms with Crippen LogP contribution < -0.4 is 0 Å². The molecule has 3 aromatic heterocycles. The first-order valence-electron chi connectivity index (χ1n) is 11.6. The molecule has 5 rings (SSSR count). The van der Waals surface area contributed by atoms with Gasteiger partial charge in [-0.25, -0.2) is 4.79 Å². The molecule has 4 aromatic rings. The molecule has 172 valence electrons. The molecule has 0 bridgehead atoms. The average molecular weight is 455 g/mol. The standard InChI is InChI=1S/C27H26N4O3/c1-16-25(17(2)34-30-16)21-13-24-26(29-14-21)22(18-7-9-20(10-8-18)27(32)33)15-31(24)23(11-12-28)19-5-3-4-6-19/h7-10,13-15,19,23H,3-6,11H2,1-2H3,(H,32,33). The van der Waals surface area contributed by atoms with Gasteiger partial charge >= 0.3 is 5.97 Å². The SMILES string of the molecule is Cc1noc(C)c1-c1cnc2c(-c3ccc(C(=O)O)cc3)cn(C(CC#N)C3CCCC3)c2c1. The number of carboxylic acid groups (broad SMARTS) is 1. The van der Waals surface area contributed by atoms with Crippen molar-refractivity contribution >= 4 is 17.0 Å². The number of nitriles is 1. The van der Waals surface area contributed by atoms with Gasteiger partial charge in [-0.3, -0.25) is 4.98 Å². The first kappa shape index (κ1) is 21.9. The Balaban J connectivity index is 1.71. The summed E-state index contributed by atoms with van der Waals surface area (Å²) in [6.45, 7) is 3.81. The van der Waals surface area contributed by atoms with E-state index in [2.05, 4.69) is 28.1 Å².